The first kappa shape index (κ1) is 24.7. The number of sulfonamides is 1. The number of rotatable bonds is 7. The third-order valence-corrected chi connectivity index (χ3v) is 7.86. The smallest absolute Gasteiger partial charge is 0.248 e. The molecule has 4 rings (SSSR count). The number of carbonyl (C=O) groups is 1. The van der Waals surface area contributed by atoms with Crippen LogP contribution in [0.3, 0.4) is 0 Å². The second-order valence-corrected chi connectivity index (χ2v) is 10.1. The quantitative estimate of drug-likeness (QED) is 0.530. The van der Waals surface area contributed by atoms with Crippen molar-refractivity contribution in [2.24, 2.45) is 5.92 Å². The van der Waals surface area contributed by atoms with Gasteiger partial charge in [-0.1, -0.05) is 11.2 Å². The van der Waals surface area contributed by atoms with E-state index in [0.717, 1.165) is 17.8 Å². The Morgan fingerprint density at radius 3 is 2.66 bits per heavy atom. The van der Waals surface area contributed by atoms with Crippen molar-refractivity contribution in [1.29, 1.82) is 0 Å². The summed E-state index contributed by atoms with van der Waals surface area (Å²) in [5.74, 6) is -2.01. The monoisotopic (exact) mass is 502 g/mol. The van der Waals surface area contributed by atoms with Gasteiger partial charge in [0.05, 0.1) is 12.2 Å². The number of carbonyl (C=O) groups excluding carboxylic acids is 1. The summed E-state index contributed by atoms with van der Waals surface area (Å²) in [5.41, 5.74) is 0.977. The van der Waals surface area contributed by atoms with Crippen molar-refractivity contribution >= 4 is 28.1 Å². The van der Waals surface area contributed by atoms with Gasteiger partial charge in [-0.25, -0.2) is 17.2 Å². The fourth-order valence-corrected chi connectivity index (χ4v) is 5.63. The van der Waals surface area contributed by atoms with E-state index in [4.69, 9.17) is 4.52 Å². The van der Waals surface area contributed by atoms with Gasteiger partial charge in [0.1, 0.15) is 17.3 Å². The maximum atomic E-state index is 13.9. The van der Waals surface area contributed by atoms with Crippen molar-refractivity contribution < 1.29 is 26.5 Å². The Morgan fingerprint density at radius 2 is 1.97 bits per heavy atom. The Labute approximate surface area is 201 Å². The molecule has 35 heavy (non-hydrogen) atoms. The average molecular weight is 503 g/mol. The third-order valence-electron chi connectivity index (χ3n) is 5.80. The van der Waals surface area contributed by atoms with E-state index in [0.29, 0.717) is 19.4 Å². The molecule has 0 atom stereocenters. The topological polar surface area (TPSA) is 105 Å². The van der Waals surface area contributed by atoms with Gasteiger partial charge >= 0.3 is 0 Å². The van der Waals surface area contributed by atoms with Crippen molar-refractivity contribution in [1.82, 2.24) is 19.8 Å². The summed E-state index contributed by atoms with van der Waals surface area (Å²) < 4.78 is 60.3. The van der Waals surface area contributed by atoms with Crippen molar-refractivity contribution in [3.05, 3.63) is 76.9 Å². The van der Waals surface area contributed by atoms with E-state index in [1.165, 1.54) is 29.4 Å². The number of aryl methyl sites for hydroxylation is 1. The average Bonchev–Trinajstić information content (AvgIpc) is 3.23. The lowest BCUT2D eigenvalue weighted by Crippen LogP contribution is -2.43. The molecule has 0 spiro atoms. The number of benzene rings is 1. The zero-order valence-electron chi connectivity index (χ0n) is 18.9. The van der Waals surface area contributed by atoms with Crippen LogP contribution >= 0.6 is 0 Å². The molecule has 0 unspecified atom stereocenters. The summed E-state index contributed by atoms with van der Waals surface area (Å²) in [6.45, 7) is 2.13. The molecule has 3 heterocycles. The van der Waals surface area contributed by atoms with Crippen LogP contribution in [0.2, 0.25) is 0 Å². The van der Waals surface area contributed by atoms with Crippen LogP contribution in [0.15, 0.2) is 52.0 Å². The molecule has 1 amide bonds. The largest absolute Gasteiger partial charge is 0.355 e. The minimum atomic E-state index is -3.98. The number of nitrogens with one attached hydrogen (secondary N) is 1. The minimum absolute atomic E-state index is 0.0542. The first-order valence-electron chi connectivity index (χ1n) is 11.0. The SMILES string of the molecule is Cc1noc(/C=C/c2ccc(F)cc2F)c1S(=O)(=O)N1CCC(C(=O)NCc2ccccn2)CC1. The summed E-state index contributed by atoms with van der Waals surface area (Å²) in [6.07, 6.45) is 4.97. The van der Waals surface area contributed by atoms with Crippen molar-refractivity contribution in [3.63, 3.8) is 0 Å². The normalized spacial score (nSPS) is 15.5. The molecular weight excluding hydrogens is 478 g/mol. The molecule has 0 bridgehead atoms. The molecule has 1 aromatic carbocycles. The lowest BCUT2D eigenvalue weighted by Gasteiger charge is -2.30. The van der Waals surface area contributed by atoms with E-state index in [9.17, 15) is 22.0 Å². The Hall–Kier alpha value is -3.44. The first-order valence-corrected chi connectivity index (χ1v) is 12.5. The van der Waals surface area contributed by atoms with E-state index < -0.39 is 21.7 Å². The van der Waals surface area contributed by atoms with Crippen LogP contribution in [-0.4, -0.2) is 41.9 Å². The fraction of sp³-hybridized carbons (Fsp3) is 0.292. The van der Waals surface area contributed by atoms with Gasteiger partial charge in [0.15, 0.2) is 10.7 Å². The van der Waals surface area contributed by atoms with Gasteiger partial charge in [-0.2, -0.15) is 4.31 Å². The number of nitrogens with zero attached hydrogens (tertiary/aromatic N) is 3. The summed E-state index contributed by atoms with van der Waals surface area (Å²) in [7, 11) is -3.98. The zero-order valence-corrected chi connectivity index (χ0v) is 19.8. The lowest BCUT2D eigenvalue weighted by atomic mass is 9.97. The van der Waals surface area contributed by atoms with Crippen LogP contribution in [0.25, 0.3) is 12.2 Å². The molecule has 0 saturated carbocycles. The highest BCUT2D eigenvalue weighted by molar-refractivity contribution is 7.89. The van der Waals surface area contributed by atoms with E-state index in [1.54, 1.807) is 12.3 Å². The molecule has 0 aliphatic carbocycles. The number of hydrogen-bond acceptors (Lipinski definition) is 6. The predicted octanol–water partition coefficient (Wildman–Crippen LogP) is 3.54. The molecular formula is C24H24F2N4O4S. The highest BCUT2D eigenvalue weighted by Gasteiger charge is 2.35. The van der Waals surface area contributed by atoms with Gasteiger partial charge in [0, 0.05) is 36.8 Å². The number of pyridine rings is 1. The Kier molecular flexibility index (Phi) is 7.37. The Bertz CT molecular complexity index is 1330. The zero-order chi connectivity index (χ0) is 25.0. The van der Waals surface area contributed by atoms with Gasteiger partial charge in [-0.3, -0.25) is 9.78 Å². The number of halogens is 2. The van der Waals surface area contributed by atoms with Crippen LogP contribution in [0.4, 0.5) is 8.78 Å². The second kappa shape index (κ2) is 10.4. The van der Waals surface area contributed by atoms with Crippen LogP contribution in [0, 0.1) is 24.5 Å². The summed E-state index contributed by atoms with van der Waals surface area (Å²) in [6, 6.07) is 8.52. The standard InChI is InChI=1S/C24H24F2N4O4S/c1-16-23(22(34-29-16)8-6-17-5-7-19(25)14-21(17)26)35(32,33)30-12-9-18(10-13-30)24(31)28-15-20-4-2-3-11-27-20/h2-8,11,14,18H,9-10,12-13,15H2,1H3,(H,28,31)/b8-6+. The number of amides is 1. The molecule has 11 heteroatoms. The molecule has 2 aromatic heterocycles. The third kappa shape index (κ3) is 5.63. The van der Waals surface area contributed by atoms with Gasteiger partial charge in [-0.05, 0) is 56.2 Å². The van der Waals surface area contributed by atoms with Crippen LogP contribution in [0.5, 0.6) is 0 Å². The van der Waals surface area contributed by atoms with Crippen LogP contribution < -0.4 is 5.32 Å². The first-order chi connectivity index (χ1) is 16.8. The molecule has 1 N–H and O–H groups in total. The van der Waals surface area contributed by atoms with Crippen LogP contribution in [0.1, 0.15) is 35.6 Å². The Morgan fingerprint density at radius 1 is 1.20 bits per heavy atom. The number of aromatic nitrogens is 2. The number of hydrogen-bond donors (Lipinski definition) is 1. The summed E-state index contributed by atoms with van der Waals surface area (Å²) in [5, 5.41) is 6.62. The molecule has 1 aliphatic rings. The van der Waals surface area contributed by atoms with E-state index >= 15 is 0 Å². The van der Waals surface area contributed by atoms with Crippen molar-refractivity contribution in [3.8, 4) is 0 Å². The second-order valence-electron chi connectivity index (χ2n) is 8.18. The predicted molar refractivity (Wildman–Crippen MR) is 124 cm³/mol. The van der Waals surface area contributed by atoms with Gasteiger partial charge in [0.25, 0.3) is 0 Å². The molecule has 1 saturated heterocycles. The van der Waals surface area contributed by atoms with E-state index in [2.05, 4.69) is 15.5 Å². The van der Waals surface area contributed by atoms with Gasteiger partial charge in [0.2, 0.25) is 15.9 Å². The summed E-state index contributed by atoms with van der Waals surface area (Å²) in [4.78, 5) is 16.6. The maximum Gasteiger partial charge on any atom is 0.248 e. The minimum Gasteiger partial charge on any atom is -0.355 e. The summed E-state index contributed by atoms with van der Waals surface area (Å²) >= 11 is 0. The fourth-order valence-electron chi connectivity index (χ4n) is 3.91. The van der Waals surface area contributed by atoms with Gasteiger partial charge in [-0.15, -0.1) is 0 Å². The maximum absolute atomic E-state index is 13.9. The lowest BCUT2D eigenvalue weighted by molar-refractivity contribution is -0.126. The number of piperidine rings is 1. The highest BCUT2D eigenvalue weighted by Crippen LogP contribution is 2.29. The van der Waals surface area contributed by atoms with Crippen molar-refractivity contribution in [2.45, 2.75) is 31.2 Å². The van der Waals surface area contributed by atoms with Crippen molar-refractivity contribution in [2.75, 3.05) is 13.1 Å². The van der Waals surface area contributed by atoms with E-state index in [1.807, 2.05) is 12.1 Å². The molecule has 3 aromatic rings. The molecule has 0 radical (unpaired) electrons. The molecule has 8 nitrogen and oxygen atoms in total. The molecule has 1 fully saturated rings. The molecule has 1 aliphatic heterocycles. The van der Waals surface area contributed by atoms with Crippen LogP contribution in [-0.2, 0) is 21.4 Å². The van der Waals surface area contributed by atoms with E-state index in [-0.39, 0.29) is 46.8 Å². The highest BCUT2D eigenvalue weighted by atomic mass is 32.2. The molecule has 184 valence electrons. The van der Waals surface area contributed by atoms with Gasteiger partial charge < -0.3 is 9.84 Å². The Balaban J connectivity index is 1.43.